The number of ether oxygens (including phenoxy) is 2. The van der Waals surface area contributed by atoms with E-state index < -0.39 is 0 Å². The maximum atomic E-state index is 13.5. The first kappa shape index (κ1) is 10.8. The van der Waals surface area contributed by atoms with E-state index in [1.54, 1.807) is 6.07 Å². The smallest absolute Gasteiger partial charge is 0.168 e. The van der Waals surface area contributed by atoms with Gasteiger partial charge in [0.2, 0.25) is 0 Å². The van der Waals surface area contributed by atoms with Crippen LogP contribution in [-0.4, -0.2) is 20.8 Å². The number of methoxy groups -OCH3 is 2. The van der Waals surface area contributed by atoms with Crippen molar-refractivity contribution >= 4 is 0 Å². The fourth-order valence-corrected chi connectivity index (χ4v) is 1.23. The molecule has 0 spiro atoms. The molecule has 0 aromatic heterocycles. The van der Waals surface area contributed by atoms with E-state index in [1.165, 1.54) is 20.3 Å². The molecule has 0 radical (unpaired) electrons. The molecule has 1 aromatic carbocycles. The molecule has 0 saturated carbocycles. The summed E-state index contributed by atoms with van der Waals surface area (Å²) in [7, 11) is 2.95. The minimum absolute atomic E-state index is 0.188. The molecule has 0 aliphatic rings. The number of rotatable bonds is 4. The van der Waals surface area contributed by atoms with Gasteiger partial charge in [-0.1, -0.05) is 0 Å². The van der Waals surface area contributed by atoms with E-state index in [-0.39, 0.29) is 11.6 Å². The molecule has 0 aliphatic heterocycles. The summed E-state index contributed by atoms with van der Waals surface area (Å²) in [6.07, 6.45) is 0.472. The van der Waals surface area contributed by atoms with E-state index >= 15 is 0 Å². The van der Waals surface area contributed by atoms with E-state index in [0.29, 0.717) is 24.3 Å². The lowest BCUT2D eigenvalue weighted by Gasteiger charge is -2.09. The average molecular weight is 199 g/mol. The van der Waals surface area contributed by atoms with E-state index in [1.807, 2.05) is 0 Å². The number of halogens is 1. The van der Waals surface area contributed by atoms with Crippen molar-refractivity contribution < 1.29 is 13.9 Å². The van der Waals surface area contributed by atoms with Crippen LogP contribution in [0.5, 0.6) is 11.5 Å². The van der Waals surface area contributed by atoms with Gasteiger partial charge in [-0.15, -0.1) is 0 Å². The van der Waals surface area contributed by atoms with Crippen molar-refractivity contribution in [3.05, 3.63) is 23.5 Å². The van der Waals surface area contributed by atoms with Crippen LogP contribution in [0.15, 0.2) is 12.1 Å². The number of hydrogen-bond donors (Lipinski definition) is 1. The molecule has 78 valence electrons. The van der Waals surface area contributed by atoms with E-state index in [2.05, 4.69) is 0 Å². The lowest BCUT2D eigenvalue weighted by atomic mass is 10.1. The fourth-order valence-electron chi connectivity index (χ4n) is 1.23. The highest BCUT2D eigenvalue weighted by Crippen LogP contribution is 2.27. The lowest BCUT2D eigenvalue weighted by molar-refractivity contribution is 0.371. The Morgan fingerprint density at radius 1 is 1.29 bits per heavy atom. The second-order valence-corrected chi connectivity index (χ2v) is 2.84. The van der Waals surface area contributed by atoms with E-state index in [4.69, 9.17) is 15.2 Å². The Kier molecular flexibility index (Phi) is 3.71. The predicted octanol–water partition coefficient (Wildman–Crippen LogP) is 1.34. The van der Waals surface area contributed by atoms with E-state index in [9.17, 15) is 4.39 Å². The van der Waals surface area contributed by atoms with Crippen molar-refractivity contribution in [3.8, 4) is 11.5 Å². The quantitative estimate of drug-likeness (QED) is 0.796. The minimum Gasteiger partial charge on any atom is -0.497 e. The van der Waals surface area contributed by atoms with Crippen molar-refractivity contribution in [2.75, 3.05) is 20.8 Å². The number of benzene rings is 1. The molecule has 1 aromatic rings. The Morgan fingerprint density at radius 3 is 2.50 bits per heavy atom. The zero-order valence-electron chi connectivity index (χ0n) is 8.34. The third-order valence-electron chi connectivity index (χ3n) is 1.96. The Hall–Kier alpha value is -1.29. The van der Waals surface area contributed by atoms with Crippen molar-refractivity contribution in [1.29, 1.82) is 0 Å². The van der Waals surface area contributed by atoms with Gasteiger partial charge in [0, 0.05) is 6.07 Å². The van der Waals surface area contributed by atoms with Crippen LogP contribution in [0.4, 0.5) is 4.39 Å². The maximum Gasteiger partial charge on any atom is 0.168 e. The largest absolute Gasteiger partial charge is 0.497 e. The Morgan fingerprint density at radius 2 is 2.00 bits per heavy atom. The SMILES string of the molecule is COc1cc(CCN)c(F)c(OC)c1. The van der Waals surface area contributed by atoms with Gasteiger partial charge in [0.1, 0.15) is 5.75 Å². The second kappa shape index (κ2) is 4.81. The van der Waals surface area contributed by atoms with Crippen LogP contribution in [0.25, 0.3) is 0 Å². The first-order valence-corrected chi connectivity index (χ1v) is 4.33. The maximum absolute atomic E-state index is 13.5. The van der Waals surface area contributed by atoms with Crippen LogP contribution in [0.1, 0.15) is 5.56 Å². The zero-order chi connectivity index (χ0) is 10.6. The minimum atomic E-state index is -0.362. The van der Waals surface area contributed by atoms with E-state index in [0.717, 1.165) is 0 Å². The first-order valence-electron chi connectivity index (χ1n) is 4.33. The lowest BCUT2D eigenvalue weighted by Crippen LogP contribution is -2.05. The van der Waals surface area contributed by atoms with Crippen molar-refractivity contribution in [3.63, 3.8) is 0 Å². The Balaban J connectivity index is 3.12. The van der Waals surface area contributed by atoms with Crippen LogP contribution < -0.4 is 15.2 Å². The van der Waals surface area contributed by atoms with Gasteiger partial charge in [0.25, 0.3) is 0 Å². The summed E-state index contributed by atoms with van der Waals surface area (Å²) >= 11 is 0. The van der Waals surface area contributed by atoms with Crippen LogP contribution in [0.3, 0.4) is 0 Å². The molecule has 4 heteroatoms. The standard InChI is InChI=1S/C10H14FNO2/c1-13-8-5-7(3-4-12)10(11)9(6-8)14-2/h5-6H,3-4,12H2,1-2H3. The molecule has 0 heterocycles. The van der Waals surface area contributed by atoms with Gasteiger partial charge >= 0.3 is 0 Å². The van der Waals surface area contributed by atoms with Crippen LogP contribution >= 0.6 is 0 Å². The highest BCUT2D eigenvalue weighted by molar-refractivity contribution is 5.40. The molecule has 14 heavy (non-hydrogen) atoms. The molecule has 0 saturated heterocycles. The van der Waals surface area contributed by atoms with Crippen LogP contribution in [0, 0.1) is 5.82 Å². The molecule has 0 amide bonds. The molecular weight excluding hydrogens is 185 g/mol. The third-order valence-corrected chi connectivity index (χ3v) is 1.96. The summed E-state index contributed by atoms with van der Waals surface area (Å²) in [5.74, 6) is 0.401. The highest BCUT2D eigenvalue weighted by Gasteiger charge is 2.10. The Labute approximate surface area is 82.6 Å². The summed E-state index contributed by atoms with van der Waals surface area (Å²) in [4.78, 5) is 0. The normalized spacial score (nSPS) is 10.0. The summed E-state index contributed by atoms with van der Waals surface area (Å²) in [5.41, 5.74) is 5.88. The average Bonchev–Trinajstić information content (AvgIpc) is 2.21. The molecule has 2 N–H and O–H groups in total. The Bertz CT molecular complexity index is 315. The molecular formula is C10H14FNO2. The first-order chi connectivity index (χ1) is 6.72. The van der Waals surface area contributed by atoms with Crippen molar-refractivity contribution in [1.82, 2.24) is 0 Å². The van der Waals surface area contributed by atoms with Crippen molar-refractivity contribution in [2.24, 2.45) is 5.73 Å². The molecule has 0 bridgehead atoms. The molecule has 0 aliphatic carbocycles. The molecule has 0 fully saturated rings. The predicted molar refractivity (Wildman–Crippen MR) is 52.3 cm³/mol. The van der Waals surface area contributed by atoms with Gasteiger partial charge in [-0.25, -0.2) is 4.39 Å². The number of nitrogens with two attached hydrogens (primary N) is 1. The summed E-state index contributed by atoms with van der Waals surface area (Å²) in [6.45, 7) is 0.396. The molecule has 0 unspecified atom stereocenters. The summed E-state index contributed by atoms with van der Waals surface area (Å²) in [6, 6.07) is 3.14. The van der Waals surface area contributed by atoms with Gasteiger partial charge in [-0.3, -0.25) is 0 Å². The van der Waals surface area contributed by atoms with Gasteiger partial charge in [0.05, 0.1) is 14.2 Å². The molecule has 0 atom stereocenters. The van der Waals surface area contributed by atoms with Gasteiger partial charge in [-0.05, 0) is 24.6 Å². The monoisotopic (exact) mass is 199 g/mol. The zero-order valence-corrected chi connectivity index (χ0v) is 8.34. The third kappa shape index (κ3) is 2.14. The summed E-state index contributed by atoms with van der Waals surface area (Å²) < 4.78 is 23.4. The van der Waals surface area contributed by atoms with Crippen LogP contribution in [0.2, 0.25) is 0 Å². The van der Waals surface area contributed by atoms with Gasteiger partial charge < -0.3 is 15.2 Å². The van der Waals surface area contributed by atoms with Gasteiger partial charge in [0.15, 0.2) is 11.6 Å². The van der Waals surface area contributed by atoms with Crippen LogP contribution in [-0.2, 0) is 6.42 Å². The molecule has 3 nitrogen and oxygen atoms in total. The number of hydrogen-bond acceptors (Lipinski definition) is 3. The second-order valence-electron chi connectivity index (χ2n) is 2.84. The topological polar surface area (TPSA) is 44.5 Å². The van der Waals surface area contributed by atoms with Gasteiger partial charge in [-0.2, -0.15) is 0 Å². The summed E-state index contributed by atoms with van der Waals surface area (Å²) in [5, 5.41) is 0. The highest BCUT2D eigenvalue weighted by atomic mass is 19.1. The fraction of sp³-hybridized carbons (Fsp3) is 0.400. The molecule has 1 rings (SSSR count). The van der Waals surface area contributed by atoms with Crippen molar-refractivity contribution in [2.45, 2.75) is 6.42 Å².